The molecule has 0 aliphatic heterocycles. The van der Waals surface area contributed by atoms with Crippen LogP contribution in [0.4, 0.5) is 0 Å². The minimum Gasteiger partial charge on any atom is -0.304 e. The fourth-order valence-electron chi connectivity index (χ4n) is 1.72. The summed E-state index contributed by atoms with van der Waals surface area (Å²) in [7, 11) is 0. The second kappa shape index (κ2) is 6.19. The Morgan fingerprint density at radius 2 is 2.00 bits per heavy atom. The van der Waals surface area contributed by atoms with Gasteiger partial charge in [-0.1, -0.05) is 36.4 Å². The molecule has 2 rings (SSSR count). The van der Waals surface area contributed by atoms with Crippen LogP contribution in [0.2, 0.25) is 0 Å². The van der Waals surface area contributed by atoms with Crippen LogP contribution in [0.1, 0.15) is 22.9 Å². The van der Waals surface area contributed by atoms with Crippen LogP contribution in [0.3, 0.4) is 0 Å². The summed E-state index contributed by atoms with van der Waals surface area (Å²) < 4.78 is 0. The van der Waals surface area contributed by atoms with Crippen molar-refractivity contribution in [3.8, 4) is 6.07 Å². The van der Waals surface area contributed by atoms with Gasteiger partial charge in [-0.05, 0) is 17.0 Å². The summed E-state index contributed by atoms with van der Waals surface area (Å²) in [6, 6.07) is 16.6. The molecular formula is C14H14N2S. The predicted octanol–water partition coefficient (Wildman–Crippen LogP) is 3.49. The molecule has 0 amide bonds. The Balaban J connectivity index is 2.01. The average Bonchev–Trinajstić information content (AvgIpc) is 2.88. The second-order valence-electron chi connectivity index (χ2n) is 3.79. The summed E-state index contributed by atoms with van der Waals surface area (Å²) in [6.07, 6.45) is 0.495. The van der Waals surface area contributed by atoms with Gasteiger partial charge < -0.3 is 5.32 Å². The van der Waals surface area contributed by atoms with Crippen molar-refractivity contribution >= 4 is 11.3 Å². The van der Waals surface area contributed by atoms with Gasteiger partial charge in [-0.15, -0.1) is 11.3 Å². The molecule has 2 nitrogen and oxygen atoms in total. The maximum absolute atomic E-state index is 8.87. The molecule has 1 unspecified atom stereocenters. The first kappa shape index (κ1) is 11.8. The highest BCUT2D eigenvalue weighted by atomic mass is 32.1. The predicted molar refractivity (Wildman–Crippen MR) is 70.6 cm³/mol. The summed E-state index contributed by atoms with van der Waals surface area (Å²) in [5.41, 5.74) is 1.17. The van der Waals surface area contributed by atoms with Gasteiger partial charge in [0.2, 0.25) is 0 Å². The Bertz CT molecular complexity index is 471. The topological polar surface area (TPSA) is 35.8 Å². The van der Waals surface area contributed by atoms with Crippen molar-refractivity contribution in [2.75, 3.05) is 0 Å². The minimum atomic E-state index is 0.114. The third kappa shape index (κ3) is 3.42. The van der Waals surface area contributed by atoms with E-state index in [4.69, 9.17) is 5.26 Å². The van der Waals surface area contributed by atoms with Crippen molar-refractivity contribution in [3.63, 3.8) is 0 Å². The molecule has 1 atom stereocenters. The number of rotatable bonds is 5. The first-order chi connectivity index (χ1) is 8.40. The van der Waals surface area contributed by atoms with Crippen LogP contribution in [0.5, 0.6) is 0 Å². The van der Waals surface area contributed by atoms with Gasteiger partial charge in [0.1, 0.15) is 0 Å². The summed E-state index contributed by atoms with van der Waals surface area (Å²) in [6.45, 7) is 0.818. The molecule has 0 bridgehead atoms. The highest BCUT2D eigenvalue weighted by molar-refractivity contribution is 7.09. The van der Waals surface area contributed by atoms with Crippen molar-refractivity contribution in [2.45, 2.75) is 19.0 Å². The monoisotopic (exact) mass is 242 g/mol. The molecule has 0 aliphatic rings. The van der Waals surface area contributed by atoms with E-state index in [1.807, 2.05) is 24.3 Å². The van der Waals surface area contributed by atoms with E-state index in [0.717, 1.165) is 6.54 Å². The van der Waals surface area contributed by atoms with E-state index in [1.54, 1.807) is 11.3 Å². The number of nitriles is 1. The molecule has 1 N–H and O–H groups in total. The zero-order valence-electron chi connectivity index (χ0n) is 9.47. The van der Waals surface area contributed by atoms with Gasteiger partial charge in [-0.2, -0.15) is 5.26 Å². The zero-order valence-corrected chi connectivity index (χ0v) is 10.3. The molecule has 0 aliphatic carbocycles. The smallest absolute Gasteiger partial charge is 0.0641 e. The molecule has 2 aromatic rings. The summed E-state index contributed by atoms with van der Waals surface area (Å²) in [5, 5.41) is 14.4. The Morgan fingerprint density at radius 1 is 1.18 bits per heavy atom. The van der Waals surface area contributed by atoms with E-state index in [2.05, 4.69) is 35.0 Å². The quantitative estimate of drug-likeness (QED) is 0.871. The third-order valence-electron chi connectivity index (χ3n) is 2.60. The summed E-state index contributed by atoms with van der Waals surface area (Å²) in [5.74, 6) is 0. The van der Waals surface area contributed by atoms with Crippen LogP contribution in [0, 0.1) is 11.3 Å². The van der Waals surface area contributed by atoms with E-state index >= 15 is 0 Å². The lowest BCUT2D eigenvalue weighted by atomic mass is 10.0. The third-order valence-corrected chi connectivity index (χ3v) is 3.48. The fraction of sp³-hybridized carbons (Fsp3) is 0.214. The SMILES string of the molecule is N#CCC(NCc1cccs1)c1ccccc1. The molecule has 0 spiro atoms. The van der Waals surface area contributed by atoms with Gasteiger partial charge in [0.25, 0.3) is 0 Å². The maximum atomic E-state index is 8.87. The molecular weight excluding hydrogens is 228 g/mol. The molecule has 1 heterocycles. The lowest BCUT2D eigenvalue weighted by Gasteiger charge is -2.15. The number of nitrogens with zero attached hydrogens (tertiary/aromatic N) is 1. The van der Waals surface area contributed by atoms with Crippen LogP contribution in [-0.2, 0) is 6.54 Å². The highest BCUT2D eigenvalue weighted by Crippen LogP contribution is 2.17. The lowest BCUT2D eigenvalue weighted by molar-refractivity contribution is 0.546. The van der Waals surface area contributed by atoms with Gasteiger partial charge in [0, 0.05) is 17.5 Å². The Labute approximate surface area is 106 Å². The number of hydrogen-bond acceptors (Lipinski definition) is 3. The van der Waals surface area contributed by atoms with Crippen molar-refractivity contribution in [3.05, 3.63) is 58.3 Å². The summed E-state index contributed by atoms with van der Waals surface area (Å²) >= 11 is 1.73. The van der Waals surface area contributed by atoms with Gasteiger partial charge in [0.05, 0.1) is 12.5 Å². The number of thiophene rings is 1. The van der Waals surface area contributed by atoms with Crippen LogP contribution < -0.4 is 5.32 Å². The van der Waals surface area contributed by atoms with Crippen molar-refractivity contribution < 1.29 is 0 Å². The van der Waals surface area contributed by atoms with Crippen LogP contribution in [-0.4, -0.2) is 0 Å². The standard InChI is InChI=1S/C14H14N2S/c15-9-8-14(12-5-2-1-3-6-12)16-11-13-7-4-10-17-13/h1-7,10,14,16H,8,11H2. The van der Waals surface area contributed by atoms with Gasteiger partial charge >= 0.3 is 0 Å². The zero-order chi connectivity index (χ0) is 11.9. The Morgan fingerprint density at radius 3 is 2.65 bits per heavy atom. The van der Waals surface area contributed by atoms with Crippen molar-refractivity contribution in [1.82, 2.24) is 5.32 Å². The van der Waals surface area contributed by atoms with Crippen molar-refractivity contribution in [2.24, 2.45) is 0 Å². The van der Waals surface area contributed by atoms with E-state index < -0.39 is 0 Å². The van der Waals surface area contributed by atoms with Crippen LogP contribution >= 0.6 is 11.3 Å². The van der Waals surface area contributed by atoms with E-state index in [-0.39, 0.29) is 6.04 Å². The minimum absolute atomic E-state index is 0.114. The molecule has 0 saturated heterocycles. The maximum Gasteiger partial charge on any atom is 0.0641 e. The number of nitrogens with one attached hydrogen (secondary N) is 1. The first-order valence-electron chi connectivity index (χ1n) is 5.58. The second-order valence-corrected chi connectivity index (χ2v) is 4.82. The molecule has 0 radical (unpaired) electrons. The molecule has 86 valence electrons. The number of benzene rings is 1. The fourth-order valence-corrected chi connectivity index (χ4v) is 2.38. The number of hydrogen-bond donors (Lipinski definition) is 1. The van der Waals surface area contributed by atoms with Gasteiger partial charge in [-0.25, -0.2) is 0 Å². The van der Waals surface area contributed by atoms with Crippen molar-refractivity contribution in [1.29, 1.82) is 5.26 Å². The lowest BCUT2D eigenvalue weighted by Crippen LogP contribution is -2.20. The average molecular weight is 242 g/mol. The normalized spacial score (nSPS) is 11.9. The van der Waals surface area contributed by atoms with E-state index in [0.29, 0.717) is 6.42 Å². The van der Waals surface area contributed by atoms with Crippen LogP contribution in [0.15, 0.2) is 47.8 Å². The molecule has 0 fully saturated rings. The molecule has 1 aromatic heterocycles. The molecule has 3 heteroatoms. The molecule has 0 saturated carbocycles. The largest absolute Gasteiger partial charge is 0.304 e. The Kier molecular flexibility index (Phi) is 4.31. The Hall–Kier alpha value is -1.63. The van der Waals surface area contributed by atoms with E-state index in [1.165, 1.54) is 10.4 Å². The first-order valence-corrected chi connectivity index (χ1v) is 6.46. The summed E-state index contributed by atoms with van der Waals surface area (Å²) in [4.78, 5) is 1.30. The molecule has 17 heavy (non-hydrogen) atoms. The highest BCUT2D eigenvalue weighted by Gasteiger charge is 2.09. The molecule has 1 aromatic carbocycles. The van der Waals surface area contributed by atoms with E-state index in [9.17, 15) is 0 Å². The van der Waals surface area contributed by atoms with Crippen LogP contribution in [0.25, 0.3) is 0 Å². The van der Waals surface area contributed by atoms with Gasteiger partial charge in [-0.3, -0.25) is 0 Å². The van der Waals surface area contributed by atoms with Gasteiger partial charge in [0.15, 0.2) is 0 Å².